The van der Waals surface area contributed by atoms with Crippen LogP contribution < -0.4 is 11.2 Å². The first-order valence-electron chi connectivity index (χ1n) is 8.00. The molecule has 0 unspecified atom stereocenters. The number of aliphatic hydroxyl groups is 1. The average Bonchev–Trinajstić information content (AvgIpc) is 3.13. The summed E-state index contributed by atoms with van der Waals surface area (Å²) in [5.41, 5.74) is -1.12. The van der Waals surface area contributed by atoms with Crippen molar-refractivity contribution >= 4 is 0 Å². The summed E-state index contributed by atoms with van der Waals surface area (Å²) in [6, 6.07) is 10.9. The number of hydrogen-bond acceptors (Lipinski definition) is 6. The predicted octanol–water partition coefficient (Wildman–Crippen LogP) is -0.219. The Morgan fingerprint density at radius 1 is 1.28 bits per heavy atom. The second kappa shape index (κ2) is 6.23. The molecular formula is C17H18N2O6. The third-order valence-electron chi connectivity index (χ3n) is 4.64. The van der Waals surface area contributed by atoms with E-state index in [1.165, 1.54) is 16.8 Å². The first kappa shape index (κ1) is 16.2. The molecule has 0 radical (unpaired) electrons. The fraction of sp³-hybridized carbons (Fsp3) is 0.412. The summed E-state index contributed by atoms with van der Waals surface area (Å²) in [4.78, 5) is 25.5. The van der Waals surface area contributed by atoms with Crippen LogP contribution in [-0.2, 0) is 20.8 Å². The Morgan fingerprint density at radius 2 is 2.08 bits per heavy atom. The van der Waals surface area contributed by atoms with Gasteiger partial charge in [-0.05, 0) is 5.56 Å². The highest BCUT2D eigenvalue weighted by Gasteiger charge is 2.63. The zero-order valence-electron chi connectivity index (χ0n) is 13.3. The Bertz CT molecular complexity index is 863. The van der Waals surface area contributed by atoms with Gasteiger partial charge >= 0.3 is 5.69 Å². The van der Waals surface area contributed by atoms with Gasteiger partial charge in [-0.15, -0.1) is 0 Å². The molecule has 0 saturated carbocycles. The molecule has 4 atom stereocenters. The number of benzene rings is 1. The van der Waals surface area contributed by atoms with Crippen LogP contribution in [0.2, 0.25) is 0 Å². The molecule has 2 bridgehead atoms. The summed E-state index contributed by atoms with van der Waals surface area (Å²) in [5.74, 6) is 0. The molecule has 25 heavy (non-hydrogen) atoms. The van der Waals surface area contributed by atoms with Gasteiger partial charge in [-0.3, -0.25) is 14.3 Å². The molecule has 2 aromatic rings. The van der Waals surface area contributed by atoms with Crippen LogP contribution in [-0.4, -0.2) is 45.7 Å². The molecule has 1 aromatic heterocycles. The van der Waals surface area contributed by atoms with Crippen molar-refractivity contribution in [2.75, 3.05) is 13.2 Å². The molecule has 1 aromatic carbocycles. The Kier molecular flexibility index (Phi) is 4.04. The van der Waals surface area contributed by atoms with Gasteiger partial charge in [0, 0.05) is 12.3 Å². The zero-order chi connectivity index (χ0) is 17.4. The van der Waals surface area contributed by atoms with Crippen molar-refractivity contribution in [2.45, 2.75) is 30.6 Å². The molecule has 4 rings (SSSR count). The number of aromatic amines is 1. The van der Waals surface area contributed by atoms with Gasteiger partial charge in [0.05, 0.1) is 19.8 Å². The summed E-state index contributed by atoms with van der Waals surface area (Å²) in [6.45, 7) is 0.226. The van der Waals surface area contributed by atoms with Gasteiger partial charge in [0.1, 0.15) is 17.8 Å². The van der Waals surface area contributed by atoms with Gasteiger partial charge in [-0.1, -0.05) is 30.3 Å². The van der Waals surface area contributed by atoms with Crippen LogP contribution in [0.25, 0.3) is 0 Å². The number of rotatable bonds is 5. The van der Waals surface area contributed by atoms with E-state index in [1.54, 1.807) is 0 Å². The smallest absolute Gasteiger partial charge is 0.330 e. The molecule has 0 aliphatic carbocycles. The van der Waals surface area contributed by atoms with Gasteiger partial charge in [0.2, 0.25) is 0 Å². The summed E-state index contributed by atoms with van der Waals surface area (Å²) in [6.07, 6.45) is -0.498. The SMILES string of the molecule is O=c1ccn([C@@H]2O[C@@]3(CO)CO[C@@H]2[C@@H]3OCc2ccccc2)c(=O)[nH]1. The van der Waals surface area contributed by atoms with Gasteiger partial charge in [-0.2, -0.15) is 0 Å². The van der Waals surface area contributed by atoms with Crippen LogP contribution in [0, 0.1) is 0 Å². The highest BCUT2D eigenvalue weighted by atomic mass is 16.7. The van der Waals surface area contributed by atoms with Crippen molar-refractivity contribution in [2.24, 2.45) is 0 Å². The second-order valence-electron chi connectivity index (χ2n) is 6.24. The molecule has 2 aliphatic heterocycles. The number of ether oxygens (including phenoxy) is 3. The van der Waals surface area contributed by atoms with E-state index in [2.05, 4.69) is 4.98 Å². The van der Waals surface area contributed by atoms with E-state index >= 15 is 0 Å². The number of H-pyrrole nitrogens is 1. The lowest BCUT2D eigenvalue weighted by Crippen LogP contribution is -2.45. The second-order valence-corrected chi connectivity index (χ2v) is 6.24. The Balaban J connectivity index is 1.60. The van der Waals surface area contributed by atoms with E-state index in [9.17, 15) is 14.7 Å². The summed E-state index contributed by atoms with van der Waals surface area (Å²) >= 11 is 0. The topological polar surface area (TPSA) is 103 Å². The highest BCUT2D eigenvalue weighted by molar-refractivity contribution is 5.14. The van der Waals surface area contributed by atoms with Crippen LogP contribution >= 0.6 is 0 Å². The van der Waals surface area contributed by atoms with Gasteiger partial charge in [0.15, 0.2) is 6.23 Å². The Labute approximate surface area is 142 Å². The number of aromatic nitrogens is 2. The number of hydrogen-bond donors (Lipinski definition) is 2. The molecular weight excluding hydrogens is 328 g/mol. The summed E-state index contributed by atoms with van der Waals surface area (Å²) in [5, 5.41) is 9.86. The number of fused-ring (bicyclic) bond motifs is 2. The maximum absolute atomic E-state index is 12.1. The van der Waals surface area contributed by atoms with E-state index in [0.717, 1.165) is 5.56 Å². The standard InChI is InChI=1S/C17H18N2O6/c20-9-17-10-24-13(14(17)23-8-11-4-2-1-3-5-11)15(25-17)19-7-6-12(21)18-16(19)22/h1-7,13-15,20H,8-10H2,(H,18,21,22)/t13-,14+,15-,17+/m1/s1. The highest BCUT2D eigenvalue weighted by Crippen LogP contribution is 2.46. The summed E-state index contributed by atoms with van der Waals surface area (Å²) in [7, 11) is 0. The minimum absolute atomic E-state index is 0.183. The lowest BCUT2D eigenvalue weighted by molar-refractivity contribution is -0.189. The largest absolute Gasteiger partial charge is 0.393 e. The van der Waals surface area contributed by atoms with Crippen LogP contribution in [0.15, 0.2) is 52.2 Å². The monoisotopic (exact) mass is 346 g/mol. The molecule has 132 valence electrons. The summed E-state index contributed by atoms with van der Waals surface area (Å²) < 4.78 is 18.9. The van der Waals surface area contributed by atoms with E-state index in [4.69, 9.17) is 14.2 Å². The molecule has 2 aliphatic rings. The van der Waals surface area contributed by atoms with Crippen molar-refractivity contribution in [1.29, 1.82) is 0 Å². The minimum Gasteiger partial charge on any atom is -0.393 e. The van der Waals surface area contributed by atoms with E-state index in [-0.39, 0.29) is 13.2 Å². The zero-order valence-corrected chi connectivity index (χ0v) is 13.3. The van der Waals surface area contributed by atoms with E-state index in [0.29, 0.717) is 6.61 Å². The van der Waals surface area contributed by atoms with Crippen LogP contribution in [0.4, 0.5) is 0 Å². The average molecular weight is 346 g/mol. The van der Waals surface area contributed by atoms with Crippen LogP contribution in [0.1, 0.15) is 11.8 Å². The third kappa shape index (κ3) is 2.73. The van der Waals surface area contributed by atoms with Gasteiger partial charge in [0.25, 0.3) is 5.56 Å². The third-order valence-corrected chi connectivity index (χ3v) is 4.64. The molecule has 8 heteroatoms. The molecule has 3 heterocycles. The first-order valence-corrected chi connectivity index (χ1v) is 8.00. The first-order chi connectivity index (χ1) is 12.1. The van der Waals surface area contributed by atoms with Crippen LogP contribution in [0.5, 0.6) is 0 Å². The van der Waals surface area contributed by atoms with Crippen molar-refractivity contribution in [3.8, 4) is 0 Å². The van der Waals surface area contributed by atoms with Crippen molar-refractivity contribution in [3.63, 3.8) is 0 Å². The van der Waals surface area contributed by atoms with Crippen molar-refractivity contribution in [1.82, 2.24) is 9.55 Å². The Hall–Kier alpha value is -2.26. The number of nitrogens with one attached hydrogen (secondary N) is 1. The maximum atomic E-state index is 12.1. The molecule has 8 nitrogen and oxygen atoms in total. The fourth-order valence-electron chi connectivity index (χ4n) is 3.37. The predicted molar refractivity (Wildman–Crippen MR) is 86.0 cm³/mol. The molecule has 0 spiro atoms. The maximum Gasteiger partial charge on any atom is 0.330 e. The quantitative estimate of drug-likeness (QED) is 0.776. The van der Waals surface area contributed by atoms with Crippen LogP contribution in [0.3, 0.4) is 0 Å². The van der Waals surface area contributed by atoms with Crippen molar-refractivity contribution < 1.29 is 19.3 Å². The lowest BCUT2D eigenvalue weighted by atomic mass is 10.00. The van der Waals surface area contributed by atoms with E-state index in [1.807, 2.05) is 30.3 Å². The molecule has 2 fully saturated rings. The lowest BCUT2D eigenvalue weighted by Gasteiger charge is -2.29. The fourth-order valence-corrected chi connectivity index (χ4v) is 3.37. The number of aliphatic hydroxyl groups excluding tert-OH is 1. The normalized spacial score (nSPS) is 30.7. The molecule has 2 saturated heterocycles. The van der Waals surface area contributed by atoms with Crippen molar-refractivity contribution in [3.05, 3.63) is 69.0 Å². The van der Waals surface area contributed by atoms with Gasteiger partial charge in [-0.25, -0.2) is 4.79 Å². The Morgan fingerprint density at radius 3 is 2.80 bits per heavy atom. The molecule has 2 N–H and O–H groups in total. The number of nitrogens with zero attached hydrogens (tertiary/aromatic N) is 1. The van der Waals surface area contributed by atoms with Gasteiger partial charge < -0.3 is 19.3 Å². The molecule has 0 amide bonds. The minimum atomic E-state index is -1.03. The van der Waals surface area contributed by atoms with E-state index < -0.39 is 35.3 Å².